The molecule has 0 aromatic carbocycles. The van der Waals surface area contributed by atoms with Gasteiger partial charge in [-0.25, -0.2) is 0 Å². The van der Waals surface area contributed by atoms with Crippen molar-refractivity contribution in [1.29, 1.82) is 5.26 Å². The van der Waals surface area contributed by atoms with Gasteiger partial charge in [0.25, 0.3) is 0 Å². The first kappa shape index (κ1) is 14.3. The Morgan fingerprint density at radius 2 is 1.94 bits per heavy atom. The standard InChI is InChI=1S/C12H19F3N2/c1-9-5-3-2-4-6-11(9)17-8-10(7-16)12(13,14)15/h9-11,17H,2-6,8H2,1H3. The molecule has 2 nitrogen and oxygen atoms in total. The molecule has 1 aliphatic rings. The van der Waals surface area contributed by atoms with Gasteiger partial charge >= 0.3 is 6.18 Å². The van der Waals surface area contributed by atoms with E-state index in [2.05, 4.69) is 12.2 Å². The Hall–Kier alpha value is -0.760. The highest BCUT2D eigenvalue weighted by Crippen LogP contribution is 2.27. The summed E-state index contributed by atoms with van der Waals surface area (Å²) in [7, 11) is 0. The lowest BCUT2D eigenvalue weighted by molar-refractivity contribution is -0.158. The zero-order chi connectivity index (χ0) is 12.9. The van der Waals surface area contributed by atoms with Crippen molar-refractivity contribution in [3.63, 3.8) is 0 Å². The number of nitrogens with one attached hydrogen (secondary N) is 1. The Morgan fingerprint density at radius 3 is 2.53 bits per heavy atom. The van der Waals surface area contributed by atoms with Crippen LogP contribution in [0.3, 0.4) is 0 Å². The van der Waals surface area contributed by atoms with Crippen LogP contribution < -0.4 is 5.32 Å². The van der Waals surface area contributed by atoms with E-state index >= 15 is 0 Å². The fourth-order valence-corrected chi connectivity index (χ4v) is 2.30. The minimum atomic E-state index is -4.42. The first-order valence-electron chi connectivity index (χ1n) is 6.15. The summed E-state index contributed by atoms with van der Waals surface area (Å²) in [5.41, 5.74) is 0. The Kier molecular flexibility index (Phi) is 5.26. The minimum absolute atomic E-state index is 0.121. The third kappa shape index (κ3) is 4.55. The summed E-state index contributed by atoms with van der Waals surface area (Å²) in [6.45, 7) is 1.78. The second kappa shape index (κ2) is 6.25. The number of rotatable bonds is 3. The molecule has 1 saturated carbocycles. The molecule has 17 heavy (non-hydrogen) atoms. The molecule has 0 bridgehead atoms. The quantitative estimate of drug-likeness (QED) is 0.778. The minimum Gasteiger partial charge on any atom is -0.312 e. The van der Waals surface area contributed by atoms with Gasteiger partial charge in [0.1, 0.15) is 0 Å². The molecule has 0 amide bonds. The summed E-state index contributed by atoms with van der Waals surface area (Å²) in [5.74, 6) is -1.50. The van der Waals surface area contributed by atoms with Crippen LogP contribution in [-0.2, 0) is 0 Å². The summed E-state index contributed by atoms with van der Waals surface area (Å²) in [6.07, 6.45) is 0.919. The first-order valence-corrected chi connectivity index (χ1v) is 6.15. The van der Waals surface area contributed by atoms with E-state index in [-0.39, 0.29) is 12.6 Å². The van der Waals surface area contributed by atoms with Gasteiger partial charge in [-0.15, -0.1) is 0 Å². The molecule has 1 rings (SSSR count). The van der Waals surface area contributed by atoms with Crippen LogP contribution >= 0.6 is 0 Å². The molecule has 0 spiro atoms. The zero-order valence-corrected chi connectivity index (χ0v) is 10.1. The molecule has 0 aliphatic heterocycles. The van der Waals surface area contributed by atoms with Crippen molar-refractivity contribution in [3.05, 3.63) is 0 Å². The van der Waals surface area contributed by atoms with Gasteiger partial charge in [-0.2, -0.15) is 18.4 Å². The van der Waals surface area contributed by atoms with Crippen LogP contribution in [0.5, 0.6) is 0 Å². The molecule has 0 saturated heterocycles. The van der Waals surface area contributed by atoms with E-state index in [1.165, 1.54) is 6.07 Å². The molecule has 0 heterocycles. The zero-order valence-electron chi connectivity index (χ0n) is 10.1. The van der Waals surface area contributed by atoms with Gasteiger partial charge in [-0.3, -0.25) is 0 Å². The van der Waals surface area contributed by atoms with Crippen LogP contribution in [0.4, 0.5) is 13.2 Å². The maximum absolute atomic E-state index is 12.4. The van der Waals surface area contributed by atoms with Gasteiger partial charge < -0.3 is 5.32 Å². The molecule has 1 N–H and O–H groups in total. The maximum Gasteiger partial charge on any atom is 0.405 e. The molecule has 1 aliphatic carbocycles. The predicted octanol–water partition coefficient (Wildman–Crippen LogP) is 3.25. The van der Waals surface area contributed by atoms with Gasteiger partial charge in [0.15, 0.2) is 5.92 Å². The Morgan fingerprint density at radius 1 is 1.29 bits per heavy atom. The average molecular weight is 248 g/mol. The topological polar surface area (TPSA) is 35.8 Å². The normalized spacial score (nSPS) is 28.2. The van der Waals surface area contributed by atoms with E-state index in [4.69, 9.17) is 5.26 Å². The lowest BCUT2D eigenvalue weighted by Gasteiger charge is -2.24. The van der Waals surface area contributed by atoms with E-state index in [0.717, 1.165) is 32.1 Å². The Labute approximate surface area is 100 Å². The number of halogens is 3. The summed E-state index contributed by atoms with van der Waals surface area (Å²) < 4.78 is 37.2. The molecular weight excluding hydrogens is 229 g/mol. The van der Waals surface area contributed by atoms with E-state index in [1.807, 2.05) is 0 Å². The van der Waals surface area contributed by atoms with Crippen molar-refractivity contribution in [2.75, 3.05) is 6.54 Å². The number of nitriles is 1. The fourth-order valence-electron chi connectivity index (χ4n) is 2.30. The number of hydrogen-bond donors (Lipinski definition) is 1. The van der Waals surface area contributed by atoms with Crippen molar-refractivity contribution in [3.8, 4) is 6.07 Å². The molecular formula is C12H19F3N2. The number of alkyl halides is 3. The molecule has 0 aromatic rings. The highest BCUT2D eigenvalue weighted by molar-refractivity contribution is 4.91. The van der Waals surface area contributed by atoms with Crippen LogP contribution in [-0.4, -0.2) is 18.8 Å². The van der Waals surface area contributed by atoms with Gasteiger partial charge in [-0.05, 0) is 18.8 Å². The van der Waals surface area contributed by atoms with Crippen molar-refractivity contribution >= 4 is 0 Å². The van der Waals surface area contributed by atoms with Crippen LogP contribution in [0.15, 0.2) is 0 Å². The Bertz CT molecular complexity index is 270. The fraction of sp³-hybridized carbons (Fsp3) is 0.917. The van der Waals surface area contributed by atoms with Crippen LogP contribution in [0.25, 0.3) is 0 Å². The number of hydrogen-bond acceptors (Lipinski definition) is 2. The second-order valence-corrected chi connectivity index (χ2v) is 4.85. The van der Waals surface area contributed by atoms with Crippen molar-refractivity contribution in [2.45, 2.75) is 51.2 Å². The maximum atomic E-state index is 12.4. The smallest absolute Gasteiger partial charge is 0.312 e. The van der Waals surface area contributed by atoms with Crippen LogP contribution in [0.1, 0.15) is 39.0 Å². The second-order valence-electron chi connectivity index (χ2n) is 4.85. The van der Waals surface area contributed by atoms with Crippen molar-refractivity contribution in [1.82, 2.24) is 5.32 Å². The molecule has 0 radical (unpaired) electrons. The van der Waals surface area contributed by atoms with E-state index in [0.29, 0.717) is 5.92 Å². The van der Waals surface area contributed by atoms with Gasteiger partial charge in [0.05, 0.1) is 6.07 Å². The largest absolute Gasteiger partial charge is 0.405 e. The number of nitrogens with zero attached hydrogens (tertiary/aromatic N) is 1. The monoisotopic (exact) mass is 248 g/mol. The molecule has 98 valence electrons. The Balaban J connectivity index is 2.45. The molecule has 3 atom stereocenters. The van der Waals surface area contributed by atoms with Crippen LogP contribution in [0, 0.1) is 23.2 Å². The third-order valence-electron chi connectivity index (χ3n) is 3.50. The highest BCUT2D eigenvalue weighted by Gasteiger charge is 2.40. The van der Waals surface area contributed by atoms with Gasteiger partial charge in [0.2, 0.25) is 0 Å². The van der Waals surface area contributed by atoms with E-state index < -0.39 is 12.1 Å². The third-order valence-corrected chi connectivity index (χ3v) is 3.50. The summed E-state index contributed by atoms with van der Waals surface area (Å²) in [5, 5.41) is 11.4. The van der Waals surface area contributed by atoms with E-state index in [9.17, 15) is 13.2 Å². The SMILES string of the molecule is CC1CCCCCC1NCC(C#N)C(F)(F)F. The average Bonchev–Trinajstić information content (AvgIpc) is 2.43. The molecule has 3 unspecified atom stereocenters. The van der Waals surface area contributed by atoms with Gasteiger partial charge in [-0.1, -0.05) is 26.2 Å². The molecule has 1 fully saturated rings. The molecule has 0 aromatic heterocycles. The summed E-state index contributed by atoms with van der Waals surface area (Å²) in [6, 6.07) is 1.45. The summed E-state index contributed by atoms with van der Waals surface area (Å²) in [4.78, 5) is 0. The van der Waals surface area contributed by atoms with Crippen molar-refractivity contribution < 1.29 is 13.2 Å². The lowest BCUT2D eigenvalue weighted by Crippen LogP contribution is -2.40. The van der Waals surface area contributed by atoms with Gasteiger partial charge in [0, 0.05) is 12.6 Å². The molecule has 5 heteroatoms. The van der Waals surface area contributed by atoms with Crippen LogP contribution in [0.2, 0.25) is 0 Å². The predicted molar refractivity (Wildman–Crippen MR) is 59.2 cm³/mol. The first-order chi connectivity index (χ1) is 7.95. The highest BCUT2D eigenvalue weighted by atomic mass is 19.4. The van der Waals surface area contributed by atoms with E-state index in [1.54, 1.807) is 0 Å². The lowest BCUT2D eigenvalue weighted by atomic mass is 9.96. The summed E-state index contributed by atoms with van der Waals surface area (Å²) >= 11 is 0. The van der Waals surface area contributed by atoms with Crippen molar-refractivity contribution in [2.24, 2.45) is 11.8 Å².